The number of rotatable bonds is 6. The van der Waals surface area contributed by atoms with E-state index in [1.807, 2.05) is 26.8 Å². The lowest BCUT2D eigenvalue weighted by Crippen LogP contribution is -2.27. The van der Waals surface area contributed by atoms with E-state index in [0.29, 0.717) is 25.6 Å². The minimum atomic E-state index is -1.73. The summed E-state index contributed by atoms with van der Waals surface area (Å²) in [4.78, 5) is 0. The highest BCUT2D eigenvalue weighted by atomic mass is 28.3. The number of benzene rings is 1. The molecule has 1 rings (SSSR count). The maximum Gasteiger partial charge on any atom is 0.484 e. The standard InChI is InChI=1S/C6H16O3Si.C6H6O/c1-4-7-10(8-5-2)9-6-3;7-6-4-2-1-3-5-6/h10H,4-6H2,1-3H3;1-5,7H. The molecule has 5 heteroatoms. The summed E-state index contributed by atoms with van der Waals surface area (Å²) < 4.78 is 15.7. The van der Waals surface area contributed by atoms with Crippen molar-refractivity contribution in [3.05, 3.63) is 30.3 Å². The normalized spacial score (nSPS) is 9.88. The maximum absolute atomic E-state index is 8.63. The zero-order valence-corrected chi connectivity index (χ0v) is 11.9. The molecule has 0 unspecified atom stereocenters. The van der Waals surface area contributed by atoms with Crippen molar-refractivity contribution >= 4 is 9.53 Å². The molecule has 0 radical (unpaired) electrons. The van der Waals surface area contributed by atoms with Crippen molar-refractivity contribution in [1.82, 2.24) is 0 Å². The number of hydrogen-bond donors (Lipinski definition) is 1. The van der Waals surface area contributed by atoms with E-state index in [1.54, 1.807) is 24.3 Å². The third-order valence-corrected chi connectivity index (χ3v) is 3.48. The summed E-state index contributed by atoms with van der Waals surface area (Å²) in [7, 11) is -1.73. The molecule has 98 valence electrons. The second kappa shape index (κ2) is 11.6. The third-order valence-electron chi connectivity index (χ3n) is 1.66. The Labute approximate surface area is 105 Å². The van der Waals surface area contributed by atoms with Gasteiger partial charge in [0, 0.05) is 19.8 Å². The van der Waals surface area contributed by atoms with Gasteiger partial charge < -0.3 is 18.4 Å². The predicted molar refractivity (Wildman–Crippen MR) is 70.1 cm³/mol. The fourth-order valence-corrected chi connectivity index (χ4v) is 2.09. The molecule has 0 aliphatic rings. The first-order valence-electron chi connectivity index (χ1n) is 5.83. The summed E-state index contributed by atoms with van der Waals surface area (Å²) in [5, 5.41) is 8.63. The third kappa shape index (κ3) is 10.0. The van der Waals surface area contributed by atoms with Crippen LogP contribution in [0.3, 0.4) is 0 Å². The van der Waals surface area contributed by atoms with Crippen LogP contribution in [0.1, 0.15) is 20.8 Å². The van der Waals surface area contributed by atoms with Gasteiger partial charge in [-0.3, -0.25) is 0 Å². The molecular weight excluding hydrogens is 236 g/mol. The lowest BCUT2D eigenvalue weighted by molar-refractivity contribution is 0.107. The smallest absolute Gasteiger partial charge is 0.484 e. The minimum absolute atomic E-state index is 0.322. The van der Waals surface area contributed by atoms with Gasteiger partial charge in [-0.2, -0.15) is 0 Å². The van der Waals surface area contributed by atoms with Crippen LogP contribution in [-0.2, 0) is 13.3 Å². The number of para-hydroxylation sites is 1. The fourth-order valence-electron chi connectivity index (χ4n) is 0.981. The van der Waals surface area contributed by atoms with Gasteiger partial charge >= 0.3 is 9.53 Å². The van der Waals surface area contributed by atoms with Crippen LogP contribution in [0.5, 0.6) is 5.75 Å². The average Bonchev–Trinajstić information content (AvgIpc) is 2.32. The molecule has 0 bridgehead atoms. The zero-order valence-electron chi connectivity index (χ0n) is 10.8. The molecule has 0 saturated carbocycles. The maximum atomic E-state index is 8.63. The minimum Gasteiger partial charge on any atom is -0.508 e. The van der Waals surface area contributed by atoms with E-state index in [1.165, 1.54) is 0 Å². The van der Waals surface area contributed by atoms with E-state index in [2.05, 4.69) is 0 Å². The van der Waals surface area contributed by atoms with Crippen molar-refractivity contribution in [2.45, 2.75) is 20.8 Å². The van der Waals surface area contributed by atoms with Crippen LogP contribution in [0.15, 0.2) is 30.3 Å². The van der Waals surface area contributed by atoms with Gasteiger partial charge in [0.25, 0.3) is 0 Å². The van der Waals surface area contributed by atoms with Crippen molar-refractivity contribution in [3.63, 3.8) is 0 Å². The van der Waals surface area contributed by atoms with Crippen LogP contribution in [0, 0.1) is 0 Å². The lowest BCUT2D eigenvalue weighted by atomic mass is 10.3. The molecular formula is C12H22O4Si. The van der Waals surface area contributed by atoms with Crippen molar-refractivity contribution in [3.8, 4) is 5.75 Å². The van der Waals surface area contributed by atoms with Crippen LogP contribution in [0.2, 0.25) is 0 Å². The second-order valence-corrected chi connectivity index (χ2v) is 4.57. The van der Waals surface area contributed by atoms with Crippen LogP contribution < -0.4 is 0 Å². The van der Waals surface area contributed by atoms with Crippen molar-refractivity contribution < 1.29 is 18.4 Å². The first-order valence-corrected chi connectivity index (χ1v) is 7.24. The Hall–Kier alpha value is -0.883. The van der Waals surface area contributed by atoms with Crippen molar-refractivity contribution in [2.75, 3.05) is 19.8 Å². The summed E-state index contributed by atoms with van der Waals surface area (Å²) in [5.41, 5.74) is 0. The molecule has 1 N–H and O–H groups in total. The molecule has 0 aliphatic carbocycles. The second-order valence-electron chi connectivity index (χ2n) is 2.99. The molecule has 0 fully saturated rings. The van der Waals surface area contributed by atoms with E-state index in [0.717, 1.165) is 0 Å². The molecule has 4 nitrogen and oxygen atoms in total. The first kappa shape index (κ1) is 16.1. The van der Waals surface area contributed by atoms with Crippen LogP contribution >= 0.6 is 0 Å². The summed E-state index contributed by atoms with van der Waals surface area (Å²) >= 11 is 0. The van der Waals surface area contributed by atoms with Crippen molar-refractivity contribution in [1.29, 1.82) is 0 Å². The summed E-state index contributed by atoms with van der Waals surface area (Å²) in [6.45, 7) is 7.86. The van der Waals surface area contributed by atoms with Gasteiger partial charge in [0.05, 0.1) is 0 Å². The van der Waals surface area contributed by atoms with Gasteiger partial charge in [-0.05, 0) is 32.9 Å². The van der Waals surface area contributed by atoms with Crippen LogP contribution in [0.25, 0.3) is 0 Å². The Morgan fingerprint density at radius 3 is 1.53 bits per heavy atom. The van der Waals surface area contributed by atoms with Crippen molar-refractivity contribution in [2.24, 2.45) is 0 Å². The van der Waals surface area contributed by atoms with E-state index in [4.69, 9.17) is 18.4 Å². The summed E-state index contributed by atoms with van der Waals surface area (Å²) in [6.07, 6.45) is 0. The molecule has 0 heterocycles. The number of phenols is 1. The van der Waals surface area contributed by atoms with E-state index in [-0.39, 0.29) is 0 Å². The summed E-state index contributed by atoms with van der Waals surface area (Å²) in [5.74, 6) is 0.322. The molecule has 0 saturated heterocycles. The predicted octanol–water partition coefficient (Wildman–Crippen LogP) is 2.21. The SMILES string of the molecule is CCO[SiH](OCC)OCC.Oc1ccccc1. The largest absolute Gasteiger partial charge is 0.508 e. The number of phenolic OH excluding ortho intramolecular Hbond substituents is 1. The highest BCUT2D eigenvalue weighted by Crippen LogP contribution is 2.02. The Bertz CT molecular complexity index is 242. The van der Waals surface area contributed by atoms with E-state index in [9.17, 15) is 0 Å². The molecule has 0 atom stereocenters. The topological polar surface area (TPSA) is 47.9 Å². The monoisotopic (exact) mass is 258 g/mol. The molecule has 0 aliphatic heterocycles. The molecule has 1 aromatic rings. The molecule has 1 aromatic carbocycles. The highest BCUT2D eigenvalue weighted by Gasteiger charge is 2.11. The zero-order chi connectivity index (χ0) is 12.9. The van der Waals surface area contributed by atoms with E-state index < -0.39 is 9.53 Å². The van der Waals surface area contributed by atoms with Gasteiger partial charge in [0.1, 0.15) is 5.75 Å². The van der Waals surface area contributed by atoms with Gasteiger partial charge in [0.2, 0.25) is 0 Å². The van der Waals surface area contributed by atoms with Crippen LogP contribution in [-0.4, -0.2) is 34.5 Å². The number of aromatic hydroxyl groups is 1. The fraction of sp³-hybridized carbons (Fsp3) is 0.500. The molecule has 0 aromatic heterocycles. The Morgan fingerprint density at radius 2 is 1.29 bits per heavy atom. The molecule has 17 heavy (non-hydrogen) atoms. The van der Waals surface area contributed by atoms with Gasteiger partial charge in [-0.15, -0.1) is 0 Å². The first-order chi connectivity index (χ1) is 8.24. The summed E-state index contributed by atoms with van der Waals surface area (Å²) in [6, 6.07) is 8.71. The Balaban J connectivity index is 0.000000318. The van der Waals surface area contributed by atoms with Crippen LogP contribution in [0.4, 0.5) is 0 Å². The van der Waals surface area contributed by atoms with E-state index >= 15 is 0 Å². The van der Waals surface area contributed by atoms with Gasteiger partial charge in [-0.1, -0.05) is 18.2 Å². The quantitative estimate of drug-likeness (QED) is 0.795. The lowest BCUT2D eigenvalue weighted by Gasteiger charge is -2.12. The highest BCUT2D eigenvalue weighted by molar-refractivity contribution is 6.36. The van der Waals surface area contributed by atoms with Gasteiger partial charge in [0.15, 0.2) is 0 Å². The Morgan fingerprint density at radius 1 is 0.882 bits per heavy atom. The average molecular weight is 258 g/mol. The number of hydrogen-bond acceptors (Lipinski definition) is 4. The molecule has 0 amide bonds. The van der Waals surface area contributed by atoms with Gasteiger partial charge in [-0.25, -0.2) is 0 Å². The molecule has 0 spiro atoms. The Kier molecular flexibility index (Phi) is 11.0.